The van der Waals surface area contributed by atoms with Crippen molar-refractivity contribution in [1.29, 1.82) is 0 Å². The van der Waals surface area contributed by atoms with Gasteiger partial charge in [0.2, 0.25) is 0 Å². The SMILES string of the molecule is COc1cc(C)c(C2(C(C)CN)COC2)c(C)c1C. The summed E-state index contributed by atoms with van der Waals surface area (Å²) in [4.78, 5) is 0. The zero-order chi connectivity index (χ0) is 14.2. The first-order valence-electron chi connectivity index (χ1n) is 6.91. The van der Waals surface area contributed by atoms with E-state index in [0.29, 0.717) is 12.5 Å². The van der Waals surface area contributed by atoms with Gasteiger partial charge >= 0.3 is 0 Å². The van der Waals surface area contributed by atoms with Crippen molar-refractivity contribution >= 4 is 0 Å². The minimum atomic E-state index is 0.0833. The normalized spacial score (nSPS) is 18.8. The molecule has 2 rings (SSSR count). The van der Waals surface area contributed by atoms with E-state index < -0.39 is 0 Å². The second kappa shape index (κ2) is 5.14. The van der Waals surface area contributed by atoms with Crippen molar-refractivity contribution < 1.29 is 9.47 Å². The zero-order valence-electron chi connectivity index (χ0n) is 12.7. The van der Waals surface area contributed by atoms with Crippen molar-refractivity contribution in [3.05, 3.63) is 28.3 Å². The standard InChI is InChI=1S/C16H25NO2/c1-10-6-14(18-5)12(3)13(4)15(10)16(8-19-9-16)11(2)7-17/h6,11H,7-9,17H2,1-5H3. The smallest absolute Gasteiger partial charge is 0.122 e. The highest BCUT2D eigenvalue weighted by Gasteiger charge is 2.46. The molecule has 0 aromatic heterocycles. The fourth-order valence-corrected chi connectivity index (χ4v) is 3.25. The molecule has 1 heterocycles. The van der Waals surface area contributed by atoms with Crippen LogP contribution in [0.2, 0.25) is 0 Å². The van der Waals surface area contributed by atoms with Crippen LogP contribution in [0.1, 0.15) is 29.2 Å². The zero-order valence-corrected chi connectivity index (χ0v) is 12.7. The maximum Gasteiger partial charge on any atom is 0.122 e. The monoisotopic (exact) mass is 263 g/mol. The van der Waals surface area contributed by atoms with Gasteiger partial charge in [-0.05, 0) is 61.6 Å². The van der Waals surface area contributed by atoms with Crippen LogP contribution in [0.4, 0.5) is 0 Å². The van der Waals surface area contributed by atoms with E-state index >= 15 is 0 Å². The van der Waals surface area contributed by atoms with E-state index in [1.807, 2.05) is 0 Å². The van der Waals surface area contributed by atoms with Crippen LogP contribution in [0.25, 0.3) is 0 Å². The first-order valence-corrected chi connectivity index (χ1v) is 6.91. The lowest BCUT2D eigenvalue weighted by molar-refractivity contribution is -0.0860. The number of nitrogens with two attached hydrogens (primary N) is 1. The Kier molecular flexibility index (Phi) is 3.88. The van der Waals surface area contributed by atoms with Crippen LogP contribution < -0.4 is 10.5 Å². The van der Waals surface area contributed by atoms with E-state index in [2.05, 4.69) is 33.8 Å². The summed E-state index contributed by atoms with van der Waals surface area (Å²) >= 11 is 0. The van der Waals surface area contributed by atoms with Gasteiger partial charge in [-0.3, -0.25) is 0 Å². The summed E-state index contributed by atoms with van der Waals surface area (Å²) in [6.45, 7) is 10.9. The van der Waals surface area contributed by atoms with Gasteiger partial charge in [0.1, 0.15) is 5.75 Å². The Morgan fingerprint density at radius 1 is 1.32 bits per heavy atom. The third-order valence-corrected chi connectivity index (χ3v) is 4.78. The Morgan fingerprint density at radius 2 is 1.95 bits per heavy atom. The molecule has 0 bridgehead atoms. The summed E-state index contributed by atoms with van der Waals surface area (Å²) in [5.74, 6) is 1.39. The highest BCUT2D eigenvalue weighted by molar-refractivity contribution is 5.52. The van der Waals surface area contributed by atoms with Gasteiger partial charge in [-0.25, -0.2) is 0 Å². The lowest BCUT2D eigenvalue weighted by Crippen LogP contribution is -2.54. The molecule has 0 saturated carbocycles. The summed E-state index contributed by atoms with van der Waals surface area (Å²) in [5, 5.41) is 0. The summed E-state index contributed by atoms with van der Waals surface area (Å²) in [7, 11) is 1.73. The molecule has 2 N–H and O–H groups in total. The van der Waals surface area contributed by atoms with Crippen molar-refractivity contribution in [3.63, 3.8) is 0 Å². The van der Waals surface area contributed by atoms with Gasteiger partial charge in [0.05, 0.1) is 20.3 Å². The van der Waals surface area contributed by atoms with Gasteiger partial charge < -0.3 is 15.2 Å². The molecule has 19 heavy (non-hydrogen) atoms. The molecule has 1 aromatic rings. The van der Waals surface area contributed by atoms with Crippen molar-refractivity contribution in [1.82, 2.24) is 0 Å². The first-order chi connectivity index (χ1) is 8.97. The Bertz CT molecular complexity index is 478. The lowest BCUT2D eigenvalue weighted by Gasteiger charge is -2.48. The number of hydrogen-bond acceptors (Lipinski definition) is 3. The summed E-state index contributed by atoms with van der Waals surface area (Å²) in [6, 6.07) is 2.14. The van der Waals surface area contributed by atoms with E-state index in [4.69, 9.17) is 15.2 Å². The molecule has 0 aliphatic carbocycles. The topological polar surface area (TPSA) is 44.5 Å². The molecule has 1 atom stereocenters. The van der Waals surface area contributed by atoms with Crippen LogP contribution >= 0.6 is 0 Å². The minimum Gasteiger partial charge on any atom is -0.496 e. The van der Waals surface area contributed by atoms with Crippen molar-refractivity contribution in [2.24, 2.45) is 11.7 Å². The maximum atomic E-state index is 5.92. The third-order valence-electron chi connectivity index (χ3n) is 4.78. The second-order valence-corrected chi connectivity index (χ2v) is 5.81. The van der Waals surface area contributed by atoms with Gasteiger partial charge in [-0.2, -0.15) is 0 Å². The molecule has 0 spiro atoms. The molecule has 0 amide bonds. The Labute approximate surface area is 116 Å². The van der Waals surface area contributed by atoms with E-state index in [1.165, 1.54) is 22.3 Å². The van der Waals surface area contributed by atoms with Gasteiger partial charge in [0.15, 0.2) is 0 Å². The molecule has 1 saturated heterocycles. The Morgan fingerprint density at radius 3 is 2.37 bits per heavy atom. The van der Waals surface area contributed by atoms with Gasteiger partial charge in [-0.15, -0.1) is 0 Å². The molecule has 1 aromatic carbocycles. The van der Waals surface area contributed by atoms with Crippen molar-refractivity contribution in [2.45, 2.75) is 33.1 Å². The van der Waals surface area contributed by atoms with E-state index in [-0.39, 0.29) is 5.41 Å². The molecule has 1 aliphatic rings. The van der Waals surface area contributed by atoms with Gasteiger partial charge in [-0.1, -0.05) is 6.92 Å². The number of benzene rings is 1. The summed E-state index contributed by atoms with van der Waals surface area (Å²) < 4.78 is 11.0. The van der Waals surface area contributed by atoms with E-state index in [9.17, 15) is 0 Å². The molecule has 3 heteroatoms. The third kappa shape index (κ3) is 2.05. The minimum absolute atomic E-state index is 0.0833. The largest absolute Gasteiger partial charge is 0.496 e. The van der Waals surface area contributed by atoms with Crippen LogP contribution in [0.15, 0.2) is 6.07 Å². The molecular weight excluding hydrogens is 238 g/mol. The Hall–Kier alpha value is -1.06. The number of ether oxygens (including phenoxy) is 2. The Balaban J connectivity index is 2.59. The van der Waals surface area contributed by atoms with Gasteiger partial charge in [0.25, 0.3) is 0 Å². The highest BCUT2D eigenvalue weighted by atomic mass is 16.5. The number of aryl methyl sites for hydroxylation is 1. The number of rotatable bonds is 4. The lowest BCUT2D eigenvalue weighted by atomic mass is 9.66. The molecule has 1 unspecified atom stereocenters. The molecule has 1 fully saturated rings. The van der Waals surface area contributed by atoms with Crippen LogP contribution in [0.3, 0.4) is 0 Å². The molecular formula is C16H25NO2. The quantitative estimate of drug-likeness (QED) is 0.907. The van der Waals surface area contributed by atoms with E-state index in [1.54, 1.807) is 7.11 Å². The fourth-order valence-electron chi connectivity index (χ4n) is 3.25. The maximum absolute atomic E-state index is 5.92. The molecule has 1 aliphatic heterocycles. The highest BCUT2D eigenvalue weighted by Crippen LogP contribution is 2.44. The number of hydrogen-bond donors (Lipinski definition) is 1. The van der Waals surface area contributed by atoms with Crippen LogP contribution in [0.5, 0.6) is 5.75 Å². The van der Waals surface area contributed by atoms with Crippen molar-refractivity contribution in [3.8, 4) is 5.75 Å². The predicted molar refractivity (Wildman–Crippen MR) is 77.9 cm³/mol. The number of methoxy groups -OCH3 is 1. The molecule has 3 nitrogen and oxygen atoms in total. The summed E-state index contributed by atoms with van der Waals surface area (Å²) in [5.41, 5.74) is 11.2. The average molecular weight is 263 g/mol. The second-order valence-electron chi connectivity index (χ2n) is 5.81. The fraction of sp³-hybridized carbons (Fsp3) is 0.625. The van der Waals surface area contributed by atoms with Crippen LogP contribution in [-0.2, 0) is 10.2 Å². The first kappa shape index (κ1) is 14.4. The van der Waals surface area contributed by atoms with Crippen LogP contribution in [-0.4, -0.2) is 26.9 Å². The van der Waals surface area contributed by atoms with Gasteiger partial charge in [0, 0.05) is 5.41 Å². The molecule has 0 radical (unpaired) electrons. The van der Waals surface area contributed by atoms with Crippen LogP contribution in [0, 0.1) is 26.7 Å². The molecule has 106 valence electrons. The van der Waals surface area contributed by atoms with Crippen molar-refractivity contribution in [2.75, 3.05) is 26.9 Å². The average Bonchev–Trinajstić information content (AvgIpc) is 2.35. The predicted octanol–water partition coefficient (Wildman–Crippen LogP) is 2.48. The summed E-state index contributed by atoms with van der Waals surface area (Å²) in [6.07, 6.45) is 0. The van der Waals surface area contributed by atoms with E-state index in [0.717, 1.165) is 19.0 Å².